The lowest BCUT2D eigenvalue weighted by molar-refractivity contribution is 1.12. The second kappa shape index (κ2) is 4.18. The van der Waals surface area contributed by atoms with Gasteiger partial charge in [0.15, 0.2) is 5.11 Å². The van der Waals surface area contributed by atoms with Gasteiger partial charge in [-0.2, -0.15) is 0 Å². The summed E-state index contributed by atoms with van der Waals surface area (Å²) >= 11 is 12.1. The molecule has 0 aliphatic rings. The highest BCUT2D eigenvalue weighted by Gasteiger charge is 2.05. The van der Waals surface area contributed by atoms with Crippen LogP contribution in [0, 0.1) is 0 Å². The fourth-order valence-electron chi connectivity index (χ4n) is 1.08. The molecule has 0 unspecified atom stereocenters. The molecule has 0 radical (unpaired) electrons. The lowest BCUT2D eigenvalue weighted by Crippen LogP contribution is -2.33. The van der Waals surface area contributed by atoms with Crippen LogP contribution in [0.4, 0.5) is 5.13 Å². The Bertz CT molecular complexity index is 510. The Labute approximate surface area is 100 Å². The van der Waals surface area contributed by atoms with Crippen molar-refractivity contribution in [3.63, 3.8) is 0 Å². The normalized spacial score (nSPS) is 10.2. The molecule has 0 atom stereocenters. The summed E-state index contributed by atoms with van der Waals surface area (Å²) in [7, 11) is 0. The number of para-hydroxylation sites is 1. The zero-order chi connectivity index (χ0) is 10.8. The van der Waals surface area contributed by atoms with Crippen molar-refractivity contribution in [2.75, 3.05) is 5.43 Å². The molecule has 2 aromatic rings. The van der Waals surface area contributed by atoms with Gasteiger partial charge in [0.25, 0.3) is 0 Å². The van der Waals surface area contributed by atoms with Crippen LogP contribution in [-0.4, -0.2) is 10.1 Å². The number of anilines is 1. The van der Waals surface area contributed by atoms with Crippen molar-refractivity contribution >= 4 is 55.6 Å². The van der Waals surface area contributed by atoms with E-state index in [-0.39, 0.29) is 5.11 Å². The van der Waals surface area contributed by atoms with Crippen molar-refractivity contribution in [2.45, 2.75) is 0 Å². The van der Waals surface area contributed by atoms with E-state index in [1.807, 2.05) is 12.1 Å². The molecule has 1 aromatic carbocycles. The smallest absolute Gasteiger partial charge is 0.202 e. The Morgan fingerprint density at radius 2 is 2.33 bits per heavy atom. The predicted octanol–water partition coefficient (Wildman–Crippen LogP) is 2.11. The van der Waals surface area contributed by atoms with Crippen molar-refractivity contribution in [1.29, 1.82) is 0 Å². The molecule has 0 saturated carbocycles. The van der Waals surface area contributed by atoms with Crippen LogP contribution in [0.3, 0.4) is 0 Å². The van der Waals surface area contributed by atoms with Gasteiger partial charge in [0.1, 0.15) is 5.52 Å². The molecule has 15 heavy (non-hydrogen) atoms. The van der Waals surface area contributed by atoms with Crippen LogP contribution in [0.1, 0.15) is 0 Å². The van der Waals surface area contributed by atoms with E-state index < -0.39 is 0 Å². The molecule has 4 N–H and O–H groups in total. The van der Waals surface area contributed by atoms with E-state index in [1.54, 1.807) is 6.07 Å². The highest BCUT2D eigenvalue weighted by molar-refractivity contribution is 7.80. The van der Waals surface area contributed by atoms with Gasteiger partial charge in [0, 0.05) is 0 Å². The van der Waals surface area contributed by atoms with Crippen LogP contribution in [0.2, 0.25) is 5.02 Å². The second-order valence-corrected chi connectivity index (χ2v) is 4.60. The average Bonchev–Trinajstić information content (AvgIpc) is 2.59. The van der Waals surface area contributed by atoms with Gasteiger partial charge in [-0.15, -0.1) is 0 Å². The molecule has 0 spiro atoms. The van der Waals surface area contributed by atoms with Crippen LogP contribution in [0.25, 0.3) is 10.2 Å². The van der Waals surface area contributed by atoms with Crippen molar-refractivity contribution in [3.05, 3.63) is 23.2 Å². The topological polar surface area (TPSA) is 63.0 Å². The van der Waals surface area contributed by atoms with Gasteiger partial charge in [-0.3, -0.25) is 10.9 Å². The van der Waals surface area contributed by atoms with Gasteiger partial charge in [0.05, 0.1) is 9.72 Å². The van der Waals surface area contributed by atoms with E-state index in [0.717, 1.165) is 10.2 Å². The van der Waals surface area contributed by atoms with Crippen LogP contribution in [0.15, 0.2) is 18.2 Å². The first-order chi connectivity index (χ1) is 7.16. The summed E-state index contributed by atoms with van der Waals surface area (Å²) in [6, 6.07) is 5.63. The number of aromatic nitrogens is 1. The zero-order valence-corrected chi connectivity index (χ0v) is 9.84. The minimum Gasteiger partial charge on any atom is -0.375 e. The van der Waals surface area contributed by atoms with E-state index in [4.69, 9.17) is 17.3 Å². The maximum absolute atomic E-state index is 5.98. The van der Waals surface area contributed by atoms with Gasteiger partial charge in [-0.25, -0.2) is 4.98 Å². The maximum atomic E-state index is 5.98. The van der Waals surface area contributed by atoms with E-state index >= 15 is 0 Å². The number of nitrogens with zero attached hydrogens (tertiary/aromatic N) is 1. The first kappa shape index (κ1) is 10.4. The average molecular weight is 259 g/mol. The van der Waals surface area contributed by atoms with Crippen molar-refractivity contribution in [2.24, 2.45) is 5.73 Å². The number of thiocarbonyl (C=S) groups is 1. The van der Waals surface area contributed by atoms with Crippen molar-refractivity contribution in [3.8, 4) is 0 Å². The summed E-state index contributed by atoms with van der Waals surface area (Å²) in [5.41, 5.74) is 11.4. The molecule has 78 valence electrons. The summed E-state index contributed by atoms with van der Waals surface area (Å²) < 4.78 is 1.01. The Morgan fingerprint density at radius 1 is 1.53 bits per heavy atom. The van der Waals surface area contributed by atoms with Gasteiger partial charge in [0.2, 0.25) is 5.13 Å². The summed E-state index contributed by atoms with van der Waals surface area (Å²) in [4.78, 5) is 4.28. The summed E-state index contributed by atoms with van der Waals surface area (Å²) in [6.07, 6.45) is 0. The highest BCUT2D eigenvalue weighted by atomic mass is 35.5. The molecule has 0 amide bonds. The molecule has 7 heteroatoms. The number of fused-ring (bicyclic) bond motifs is 1. The number of thiazole rings is 1. The van der Waals surface area contributed by atoms with Crippen LogP contribution < -0.4 is 16.6 Å². The molecular formula is C8H7ClN4S2. The van der Waals surface area contributed by atoms with Crippen molar-refractivity contribution < 1.29 is 0 Å². The summed E-state index contributed by atoms with van der Waals surface area (Å²) in [5, 5.41) is 1.47. The lowest BCUT2D eigenvalue weighted by Gasteiger charge is -2.01. The molecule has 1 heterocycles. The van der Waals surface area contributed by atoms with Gasteiger partial charge in [-0.05, 0) is 24.4 Å². The molecule has 0 aliphatic carbocycles. The number of hydrazine groups is 1. The van der Waals surface area contributed by atoms with Crippen LogP contribution in [-0.2, 0) is 0 Å². The fourth-order valence-corrected chi connectivity index (χ4v) is 2.25. The number of rotatable bonds is 2. The van der Waals surface area contributed by atoms with E-state index in [9.17, 15) is 0 Å². The molecule has 0 aliphatic heterocycles. The molecule has 4 nitrogen and oxygen atoms in total. The number of hydrogen-bond donors (Lipinski definition) is 3. The van der Waals surface area contributed by atoms with E-state index in [2.05, 4.69) is 28.1 Å². The quantitative estimate of drug-likeness (QED) is 0.569. The molecule has 0 bridgehead atoms. The summed E-state index contributed by atoms with van der Waals surface area (Å²) in [5.74, 6) is 0. The SMILES string of the molecule is NC(=S)NNc1nc2c(Cl)cccc2s1. The number of halogens is 1. The Hall–Kier alpha value is -1.11. The van der Waals surface area contributed by atoms with Gasteiger partial charge < -0.3 is 5.73 Å². The Morgan fingerprint density at radius 3 is 3.00 bits per heavy atom. The van der Waals surface area contributed by atoms with Crippen LogP contribution >= 0.6 is 35.2 Å². The number of nitrogens with two attached hydrogens (primary N) is 1. The Balaban J connectivity index is 2.31. The molecule has 2 rings (SSSR count). The standard InChI is InChI=1S/C8H7ClN4S2/c9-4-2-1-3-5-6(4)11-8(15-5)13-12-7(10)14/h1-3H,(H,11,13)(H3,10,12,14). The zero-order valence-electron chi connectivity index (χ0n) is 7.45. The largest absolute Gasteiger partial charge is 0.375 e. The van der Waals surface area contributed by atoms with Crippen molar-refractivity contribution in [1.82, 2.24) is 10.4 Å². The molecular weight excluding hydrogens is 252 g/mol. The number of nitrogens with one attached hydrogen (secondary N) is 2. The second-order valence-electron chi connectivity index (χ2n) is 2.72. The Kier molecular flexibility index (Phi) is 2.90. The lowest BCUT2D eigenvalue weighted by atomic mass is 10.3. The third-order valence-corrected chi connectivity index (χ3v) is 3.01. The predicted molar refractivity (Wildman–Crippen MR) is 68.2 cm³/mol. The minimum atomic E-state index is 0.167. The highest BCUT2D eigenvalue weighted by Crippen LogP contribution is 2.30. The van der Waals surface area contributed by atoms with E-state index in [0.29, 0.717) is 10.2 Å². The third-order valence-electron chi connectivity index (χ3n) is 1.66. The maximum Gasteiger partial charge on any atom is 0.202 e. The van der Waals surface area contributed by atoms with E-state index in [1.165, 1.54) is 11.3 Å². The summed E-state index contributed by atoms with van der Waals surface area (Å²) in [6.45, 7) is 0. The monoisotopic (exact) mass is 258 g/mol. The molecule has 1 aromatic heterocycles. The number of benzene rings is 1. The fraction of sp³-hybridized carbons (Fsp3) is 0. The molecule has 0 saturated heterocycles. The molecule has 0 fully saturated rings. The first-order valence-corrected chi connectivity index (χ1v) is 5.63. The minimum absolute atomic E-state index is 0.167. The van der Waals surface area contributed by atoms with Gasteiger partial charge in [-0.1, -0.05) is 29.0 Å². The van der Waals surface area contributed by atoms with Gasteiger partial charge >= 0.3 is 0 Å². The third kappa shape index (κ3) is 2.28. The first-order valence-electron chi connectivity index (χ1n) is 4.03. The number of hydrogen-bond acceptors (Lipinski definition) is 4. The van der Waals surface area contributed by atoms with Crippen LogP contribution in [0.5, 0.6) is 0 Å².